The Morgan fingerprint density at radius 3 is 2.78 bits per heavy atom. The van der Waals surface area contributed by atoms with E-state index >= 15 is 0 Å². The largest absolute Gasteiger partial charge is 0.495 e. The summed E-state index contributed by atoms with van der Waals surface area (Å²) in [5.41, 5.74) is 7.08. The number of amides is 2. The third-order valence-electron chi connectivity index (χ3n) is 6.76. The summed E-state index contributed by atoms with van der Waals surface area (Å²) >= 11 is 5.22. The number of thiophene rings is 1. The van der Waals surface area contributed by atoms with Crippen LogP contribution in [0.3, 0.4) is 0 Å². The molecule has 3 heterocycles. The first kappa shape index (κ1) is 24.1. The highest BCUT2D eigenvalue weighted by atomic mass is 32.1. The molecule has 3 aromatic rings. The number of nitrogens with two attached hydrogens (primary N) is 1. The molecule has 1 fully saturated rings. The normalized spacial score (nSPS) is 17.0. The Bertz CT molecular complexity index is 1410. The summed E-state index contributed by atoms with van der Waals surface area (Å²) in [4.78, 5) is 39.1. The maximum absolute atomic E-state index is 13.5. The molecular weight excluding hydrogens is 500 g/mol. The number of benzene rings is 2. The summed E-state index contributed by atoms with van der Waals surface area (Å²) in [7, 11) is 1.59. The first-order valence-corrected chi connectivity index (χ1v) is 12.5. The van der Waals surface area contributed by atoms with Gasteiger partial charge in [0.15, 0.2) is 5.78 Å². The Morgan fingerprint density at radius 1 is 1.31 bits per heavy atom. The summed E-state index contributed by atoms with van der Waals surface area (Å²) in [5, 5.41) is 3.71. The SMILES string of the molecule is COc1cccc2c(C(=O)N3CCC4(CC3)CC(=O)c3cc(C(=NS)NC=O)ccc3O4)c(N)sc12. The van der Waals surface area contributed by atoms with Crippen LogP contribution in [-0.4, -0.2) is 54.6 Å². The van der Waals surface area contributed by atoms with Gasteiger partial charge in [-0.15, -0.1) is 11.3 Å². The van der Waals surface area contributed by atoms with E-state index in [2.05, 4.69) is 22.5 Å². The van der Waals surface area contributed by atoms with Crippen molar-refractivity contribution < 1.29 is 23.9 Å². The third kappa shape index (κ3) is 4.07. The zero-order chi connectivity index (χ0) is 25.4. The van der Waals surface area contributed by atoms with Gasteiger partial charge in [0, 0.05) is 36.9 Å². The van der Waals surface area contributed by atoms with E-state index in [4.69, 9.17) is 15.2 Å². The second-order valence-corrected chi connectivity index (χ2v) is 10.0. The number of nitrogens with one attached hydrogen (secondary N) is 1. The van der Waals surface area contributed by atoms with Crippen LogP contribution in [0.5, 0.6) is 11.5 Å². The fourth-order valence-electron chi connectivity index (χ4n) is 4.91. The maximum Gasteiger partial charge on any atom is 0.257 e. The number of ether oxygens (including phenoxy) is 2. The van der Waals surface area contributed by atoms with Crippen molar-refractivity contribution in [3.05, 3.63) is 53.1 Å². The van der Waals surface area contributed by atoms with Crippen molar-refractivity contribution in [1.82, 2.24) is 10.2 Å². The Hall–Kier alpha value is -3.57. The van der Waals surface area contributed by atoms with Crippen LogP contribution >= 0.6 is 24.2 Å². The predicted molar refractivity (Wildman–Crippen MR) is 141 cm³/mol. The number of nitrogen functional groups attached to an aromatic ring is 1. The number of methoxy groups -OCH3 is 1. The lowest BCUT2D eigenvalue weighted by atomic mass is 9.82. The molecule has 0 aliphatic carbocycles. The molecule has 2 amide bonds. The zero-order valence-electron chi connectivity index (χ0n) is 19.4. The number of carbonyl (C=O) groups is 3. The zero-order valence-corrected chi connectivity index (χ0v) is 21.2. The van der Waals surface area contributed by atoms with Gasteiger partial charge < -0.3 is 25.4 Å². The van der Waals surface area contributed by atoms with Gasteiger partial charge in [-0.2, -0.15) is 0 Å². The number of thiol groups is 1. The minimum atomic E-state index is -0.671. The van der Waals surface area contributed by atoms with Gasteiger partial charge in [-0.05, 0) is 37.1 Å². The molecule has 186 valence electrons. The quantitative estimate of drug-likeness (QED) is 0.208. The highest BCUT2D eigenvalue weighted by Gasteiger charge is 2.44. The fraction of sp³-hybridized carbons (Fsp3) is 0.280. The number of nitrogens with zero attached hydrogens (tertiary/aromatic N) is 2. The van der Waals surface area contributed by atoms with Crippen LogP contribution in [-0.2, 0) is 4.79 Å². The average molecular weight is 525 g/mol. The van der Waals surface area contributed by atoms with Gasteiger partial charge in [-0.1, -0.05) is 12.1 Å². The van der Waals surface area contributed by atoms with Crippen molar-refractivity contribution in [2.45, 2.75) is 24.9 Å². The Kier molecular flexibility index (Phi) is 6.35. The van der Waals surface area contributed by atoms with Crippen LogP contribution in [0.4, 0.5) is 5.00 Å². The van der Waals surface area contributed by atoms with Crippen molar-refractivity contribution >= 4 is 63.2 Å². The first-order chi connectivity index (χ1) is 17.4. The standard InChI is InChI=1S/C25H24N4O5S2/c1-33-19-4-2-3-15-20(22(26)36-21(15)19)24(32)29-9-7-25(8-10-29)12-17(31)16-11-14(5-6-18(16)34-25)23(28-35)27-13-30/h2-6,11,13,35H,7-10,12,26H2,1H3,(H,27,28,30). The Morgan fingerprint density at radius 2 is 2.08 bits per heavy atom. The van der Waals surface area contributed by atoms with Gasteiger partial charge in [0.2, 0.25) is 6.41 Å². The van der Waals surface area contributed by atoms with Crippen LogP contribution < -0.4 is 20.5 Å². The minimum absolute atomic E-state index is 0.0531. The van der Waals surface area contributed by atoms with Crippen molar-refractivity contribution in [3.63, 3.8) is 0 Å². The van der Waals surface area contributed by atoms with Crippen LogP contribution in [0.1, 0.15) is 45.5 Å². The number of carbonyl (C=O) groups excluding carboxylic acids is 3. The highest BCUT2D eigenvalue weighted by Crippen LogP contribution is 2.42. The molecule has 0 bridgehead atoms. The van der Waals surface area contributed by atoms with E-state index < -0.39 is 5.60 Å². The number of likely N-dealkylation sites (tertiary alicyclic amines) is 1. The predicted octanol–water partition coefficient (Wildman–Crippen LogP) is 3.47. The molecule has 0 radical (unpaired) electrons. The summed E-state index contributed by atoms with van der Waals surface area (Å²) in [5.74, 6) is 1.23. The monoisotopic (exact) mass is 524 g/mol. The van der Waals surface area contributed by atoms with Crippen molar-refractivity contribution in [1.29, 1.82) is 0 Å². The minimum Gasteiger partial charge on any atom is -0.495 e. The summed E-state index contributed by atoms with van der Waals surface area (Å²) in [6, 6.07) is 10.6. The molecule has 36 heavy (non-hydrogen) atoms. The number of Topliss-reactive ketones (excluding diaryl/α,β-unsaturated/α-hetero) is 1. The number of hydrogen-bond donors (Lipinski definition) is 3. The molecule has 1 aromatic heterocycles. The number of piperidine rings is 1. The average Bonchev–Trinajstić information content (AvgIpc) is 3.23. The lowest BCUT2D eigenvalue weighted by molar-refractivity contribution is -0.108. The maximum atomic E-state index is 13.5. The van der Waals surface area contributed by atoms with Gasteiger partial charge in [0.05, 0.1) is 34.4 Å². The van der Waals surface area contributed by atoms with E-state index in [1.165, 1.54) is 11.3 Å². The number of ketones is 1. The van der Waals surface area contributed by atoms with Gasteiger partial charge in [0.1, 0.15) is 22.9 Å². The van der Waals surface area contributed by atoms with E-state index in [0.29, 0.717) is 65.5 Å². The highest BCUT2D eigenvalue weighted by molar-refractivity contribution is 7.79. The van der Waals surface area contributed by atoms with E-state index in [1.54, 1.807) is 30.2 Å². The summed E-state index contributed by atoms with van der Waals surface area (Å²) in [6.07, 6.45) is 1.75. The number of anilines is 1. The van der Waals surface area contributed by atoms with Gasteiger partial charge in [0.25, 0.3) is 5.91 Å². The molecule has 0 unspecified atom stereocenters. The van der Waals surface area contributed by atoms with Crippen LogP contribution in [0.25, 0.3) is 10.1 Å². The smallest absolute Gasteiger partial charge is 0.257 e. The van der Waals surface area contributed by atoms with Gasteiger partial charge in [-0.3, -0.25) is 14.4 Å². The van der Waals surface area contributed by atoms with Crippen molar-refractivity contribution in [3.8, 4) is 11.5 Å². The van der Waals surface area contributed by atoms with E-state index in [0.717, 1.165) is 10.1 Å². The van der Waals surface area contributed by atoms with Crippen molar-refractivity contribution in [2.75, 3.05) is 25.9 Å². The van der Waals surface area contributed by atoms with E-state index in [-0.39, 0.29) is 23.9 Å². The van der Waals surface area contributed by atoms with E-state index in [1.807, 2.05) is 18.2 Å². The summed E-state index contributed by atoms with van der Waals surface area (Å²) < 4.78 is 16.4. The number of fused-ring (bicyclic) bond motifs is 2. The van der Waals surface area contributed by atoms with Crippen LogP contribution in [0.15, 0.2) is 40.8 Å². The number of rotatable bonds is 4. The van der Waals surface area contributed by atoms with E-state index in [9.17, 15) is 14.4 Å². The second kappa shape index (κ2) is 9.47. The Balaban J connectivity index is 1.34. The molecule has 2 aliphatic rings. The molecule has 11 heteroatoms. The molecule has 1 spiro atoms. The molecular formula is C25H24N4O5S2. The second-order valence-electron chi connectivity index (χ2n) is 8.78. The third-order valence-corrected chi connectivity index (χ3v) is 8.01. The first-order valence-electron chi connectivity index (χ1n) is 11.3. The molecule has 0 atom stereocenters. The lowest BCUT2D eigenvalue weighted by Crippen LogP contribution is -2.52. The molecule has 9 nitrogen and oxygen atoms in total. The van der Waals surface area contributed by atoms with Crippen LogP contribution in [0, 0.1) is 0 Å². The molecule has 3 N–H and O–H groups in total. The van der Waals surface area contributed by atoms with Crippen LogP contribution in [0.2, 0.25) is 0 Å². The topological polar surface area (TPSA) is 123 Å². The van der Waals surface area contributed by atoms with Gasteiger partial charge in [-0.25, -0.2) is 4.40 Å². The summed E-state index contributed by atoms with van der Waals surface area (Å²) in [6.45, 7) is 0.889. The lowest BCUT2D eigenvalue weighted by Gasteiger charge is -2.44. The molecule has 2 aliphatic heterocycles. The molecule has 5 rings (SSSR count). The molecule has 2 aromatic carbocycles. The number of amidine groups is 1. The number of hydrogen-bond acceptors (Lipinski definition) is 9. The Labute approximate surface area is 216 Å². The van der Waals surface area contributed by atoms with Gasteiger partial charge >= 0.3 is 0 Å². The molecule has 0 saturated carbocycles. The fourth-order valence-corrected chi connectivity index (χ4v) is 6.14. The molecule has 1 saturated heterocycles. The van der Waals surface area contributed by atoms with Crippen molar-refractivity contribution in [2.24, 2.45) is 4.40 Å².